The zero-order chi connectivity index (χ0) is 11.5. The SMILES string of the molecule is N=C(N)c1ccc(CN2CCCC2)cc1Cl. The second-order valence-corrected chi connectivity index (χ2v) is 4.62. The van der Waals surface area contributed by atoms with Gasteiger partial charge in [0.15, 0.2) is 0 Å². The van der Waals surface area contributed by atoms with Crippen LogP contribution in [0.15, 0.2) is 18.2 Å². The molecule has 0 aromatic heterocycles. The summed E-state index contributed by atoms with van der Waals surface area (Å²) in [4.78, 5) is 2.42. The summed E-state index contributed by atoms with van der Waals surface area (Å²) in [5, 5.41) is 7.93. The van der Waals surface area contributed by atoms with Gasteiger partial charge in [-0.25, -0.2) is 0 Å². The van der Waals surface area contributed by atoms with Crippen LogP contribution in [0.25, 0.3) is 0 Å². The number of nitrogen functional groups attached to an aromatic ring is 1. The fourth-order valence-corrected chi connectivity index (χ4v) is 2.38. The maximum Gasteiger partial charge on any atom is 0.124 e. The lowest BCUT2D eigenvalue weighted by Crippen LogP contribution is -2.18. The zero-order valence-electron chi connectivity index (χ0n) is 9.17. The van der Waals surface area contributed by atoms with Crippen molar-refractivity contribution >= 4 is 17.4 Å². The molecule has 1 fully saturated rings. The first kappa shape index (κ1) is 11.4. The maximum atomic E-state index is 7.35. The van der Waals surface area contributed by atoms with E-state index < -0.39 is 0 Å². The minimum atomic E-state index is 0.0257. The second kappa shape index (κ2) is 4.85. The van der Waals surface area contributed by atoms with Gasteiger partial charge in [0.1, 0.15) is 5.84 Å². The minimum absolute atomic E-state index is 0.0257. The van der Waals surface area contributed by atoms with Gasteiger partial charge in [0.2, 0.25) is 0 Å². The fourth-order valence-electron chi connectivity index (χ4n) is 2.07. The Morgan fingerprint density at radius 2 is 2.06 bits per heavy atom. The number of nitrogens with zero attached hydrogens (tertiary/aromatic N) is 1. The first-order valence-electron chi connectivity index (χ1n) is 5.52. The minimum Gasteiger partial charge on any atom is -0.384 e. The number of rotatable bonds is 3. The topological polar surface area (TPSA) is 53.1 Å². The van der Waals surface area contributed by atoms with Crippen molar-refractivity contribution in [3.8, 4) is 0 Å². The summed E-state index contributed by atoms with van der Waals surface area (Å²) in [5.41, 5.74) is 7.23. The third-order valence-electron chi connectivity index (χ3n) is 2.93. The number of hydrogen-bond donors (Lipinski definition) is 2. The predicted molar refractivity (Wildman–Crippen MR) is 67.0 cm³/mol. The van der Waals surface area contributed by atoms with E-state index in [1.165, 1.54) is 31.5 Å². The number of benzene rings is 1. The molecule has 3 N–H and O–H groups in total. The first-order chi connectivity index (χ1) is 7.66. The molecule has 0 amide bonds. The normalized spacial score (nSPS) is 16.6. The number of halogens is 1. The summed E-state index contributed by atoms with van der Waals surface area (Å²) >= 11 is 6.07. The number of hydrogen-bond acceptors (Lipinski definition) is 2. The van der Waals surface area contributed by atoms with Crippen LogP contribution in [0.1, 0.15) is 24.0 Å². The van der Waals surface area contributed by atoms with Gasteiger partial charge in [0, 0.05) is 12.1 Å². The second-order valence-electron chi connectivity index (χ2n) is 4.21. The molecule has 0 atom stereocenters. The molecule has 1 saturated heterocycles. The van der Waals surface area contributed by atoms with Crippen LogP contribution in [-0.4, -0.2) is 23.8 Å². The standard InChI is InChI=1S/C12H16ClN3/c13-11-7-9(3-4-10(11)12(14)15)8-16-5-1-2-6-16/h3-4,7H,1-2,5-6,8H2,(H3,14,15). The predicted octanol–water partition coefficient (Wildman–Crippen LogP) is 2.22. The van der Waals surface area contributed by atoms with Gasteiger partial charge < -0.3 is 5.73 Å². The molecule has 4 heteroatoms. The molecular formula is C12H16ClN3. The molecule has 0 aliphatic carbocycles. The van der Waals surface area contributed by atoms with Gasteiger partial charge in [0.05, 0.1) is 5.02 Å². The van der Waals surface area contributed by atoms with Crippen molar-refractivity contribution in [2.75, 3.05) is 13.1 Å². The molecule has 0 radical (unpaired) electrons. The highest BCUT2D eigenvalue weighted by Gasteiger charge is 2.12. The summed E-state index contributed by atoms with van der Waals surface area (Å²) in [7, 11) is 0. The van der Waals surface area contributed by atoms with Crippen molar-refractivity contribution in [3.05, 3.63) is 34.3 Å². The largest absolute Gasteiger partial charge is 0.384 e. The molecule has 0 spiro atoms. The Labute approximate surface area is 101 Å². The zero-order valence-corrected chi connectivity index (χ0v) is 9.93. The molecule has 1 heterocycles. The van der Waals surface area contributed by atoms with Crippen molar-refractivity contribution in [1.29, 1.82) is 5.41 Å². The van der Waals surface area contributed by atoms with Crippen molar-refractivity contribution < 1.29 is 0 Å². The molecule has 16 heavy (non-hydrogen) atoms. The summed E-state index contributed by atoms with van der Waals surface area (Å²) < 4.78 is 0. The van der Waals surface area contributed by atoms with E-state index in [2.05, 4.69) is 4.90 Å². The fraction of sp³-hybridized carbons (Fsp3) is 0.417. The highest BCUT2D eigenvalue weighted by molar-refractivity contribution is 6.34. The molecule has 0 unspecified atom stereocenters. The lowest BCUT2D eigenvalue weighted by atomic mass is 10.1. The average molecular weight is 238 g/mol. The third kappa shape index (κ3) is 2.54. The Bertz CT molecular complexity index is 397. The molecule has 86 valence electrons. The van der Waals surface area contributed by atoms with E-state index in [1.807, 2.05) is 18.2 Å². The van der Waals surface area contributed by atoms with E-state index in [0.29, 0.717) is 10.6 Å². The molecule has 1 aliphatic rings. The molecule has 1 aliphatic heterocycles. The van der Waals surface area contributed by atoms with Crippen molar-refractivity contribution in [3.63, 3.8) is 0 Å². The summed E-state index contributed by atoms with van der Waals surface area (Å²) in [6.45, 7) is 3.29. The van der Waals surface area contributed by atoms with Crippen LogP contribution in [0.5, 0.6) is 0 Å². The third-order valence-corrected chi connectivity index (χ3v) is 3.24. The molecule has 3 nitrogen and oxygen atoms in total. The van der Waals surface area contributed by atoms with Gasteiger partial charge >= 0.3 is 0 Å². The maximum absolute atomic E-state index is 7.35. The van der Waals surface area contributed by atoms with Gasteiger partial charge in [-0.05, 0) is 43.6 Å². The van der Waals surface area contributed by atoms with Crippen LogP contribution in [0, 0.1) is 5.41 Å². The quantitative estimate of drug-likeness (QED) is 0.626. The van der Waals surface area contributed by atoms with Crippen molar-refractivity contribution in [2.45, 2.75) is 19.4 Å². The Balaban J connectivity index is 2.11. The van der Waals surface area contributed by atoms with Crippen LogP contribution in [-0.2, 0) is 6.54 Å². The summed E-state index contributed by atoms with van der Waals surface area (Å²) in [6, 6.07) is 5.74. The average Bonchev–Trinajstić information content (AvgIpc) is 2.70. The van der Waals surface area contributed by atoms with Crippen LogP contribution in [0.4, 0.5) is 0 Å². The van der Waals surface area contributed by atoms with Crippen molar-refractivity contribution in [2.24, 2.45) is 5.73 Å². The number of amidine groups is 1. The Morgan fingerprint density at radius 3 is 2.62 bits per heavy atom. The smallest absolute Gasteiger partial charge is 0.124 e. The van der Waals surface area contributed by atoms with Crippen LogP contribution in [0.3, 0.4) is 0 Å². The first-order valence-corrected chi connectivity index (χ1v) is 5.90. The summed E-state index contributed by atoms with van der Waals surface area (Å²) in [5.74, 6) is 0.0257. The van der Waals surface area contributed by atoms with Crippen LogP contribution < -0.4 is 5.73 Å². The Kier molecular flexibility index (Phi) is 3.46. The van der Waals surface area contributed by atoms with Gasteiger partial charge in [0.25, 0.3) is 0 Å². The van der Waals surface area contributed by atoms with E-state index in [-0.39, 0.29) is 5.84 Å². The van der Waals surface area contributed by atoms with Gasteiger partial charge in [-0.15, -0.1) is 0 Å². The molecule has 1 aromatic rings. The van der Waals surface area contributed by atoms with E-state index in [4.69, 9.17) is 22.7 Å². The molecular weight excluding hydrogens is 222 g/mol. The highest BCUT2D eigenvalue weighted by Crippen LogP contribution is 2.20. The lowest BCUT2D eigenvalue weighted by Gasteiger charge is -2.15. The number of likely N-dealkylation sites (tertiary alicyclic amines) is 1. The van der Waals surface area contributed by atoms with Gasteiger partial charge in [-0.2, -0.15) is 0 Å². The van der Waals surface area contributed by atoms with E-state index in [0.717, 1.165) is 6.54 Å². The van der Waals surface area contributed by atoms with Crippen LogP contribution in [0.2, 0.25) is 5.02 Å². The number of nitrogens with two attached hydrogens (primary N) is 1. The molecule has 0 bridgehead atoms. The highest BCUT2D eigenvalue weighted by atomic mass is 35.5. The van der Waals surface area contributed by atoms with E-state index >= 15 is 0 Å². The van der Waals surface area contributed by atoms with E-state index in [9.17, 15) is 0 Å². The van der Waals surface area contributed by atoms with Gasteiger partial charge in [-0.1, -0.05) is 17.7 Å². The van der Waals surface area contributed by atoms with Crippen molar-refractivity contribution in [1.82, 2.24) is 4.90 Å². The van der Waals surface area contributed by atoms with Crippen LogP contribution >= 0.6 is 11.6 Å². The molecule has 2 rings (SSSR count). The summed E-state index contributed by atoms with van der Waals surface area (Å²) in [6.07, 6.45) is 2.58. The molecule has 1 aromatic carbocycles. The van der Waals surface area contributed by atoms with Gasteiger partial charge in [-0.3, -0.25) is 10.3 Å². The number of nitrogens with one attached hydrogen (secondary N) is 1. The lowest BCUT2D eigenvalue weighted by molar-refractivity contribution is 0.331. The van der Waals surface area contributed by atoms with E-state index in [1.54, 1.807) is 0 Å². The molecule has 0 saturated carbocycles. The Hall–Kier alpha value is -1.06. The monoisotopic (exact) mass is 237 g/mol. The Morgan fingerprint density at radius 1 is 1.38 bits per heavy atom.